The van der Waals surface area contributed by atoms with Crippen LogP contribution in [0, 0.1) is 13.8 Å². The maximum absolute atomic E-state index is 12.5. The molecule has 136 valence electrons. The normalized spacial score (nSPS) is 12.0. The minimum Gasteiger partial charge on any atom is -0.489 e. The monoisotopic (exact) mass is 369 g/mol. The average molecular weight is 369 g/mol. The summed E-state index contributed by atoms with van der Waals surface area (Å²) in [6.07, 6.45) is 0. The van der Waals surface area contributed by atoms with Gasteiger partial charge in [-0.3, -0.25) is 9.48 Å². The first-order valence-electron chi connectivity index (χ1n) is 8.58. The first-order valence-corrected chi connectivity index (χ1v) is 9.46. The number of aryl methyl sites for hydroxylation is 2. The highest BCUT2D eigenvalue weighted by Crippen LogP contribution is 2.18. The number of nitrogens with zero attached hydrogens (tertiary/aromatic N) is 2. The van der Waals surface area contributed by atoms with Crippen LogP contribution in [0.1, 0.15) is 33.5 Å². The van der Waals surface area contributed by atoms with Gasteiger partial charge >= 0.3 is 0 Å². The Kier molecular flexibility index (Phi) is 5.73. The van der Waals surface area contributed by atoms with Crippen molar-refractivity contribution in [2.75, 3.05) is 0 Å². The number of rotatable bonds is 7. The van der Waals surface area contributed by atoms with Gasteiger partial charge in [0, 0.05) is 17.3 Å². The number of aromatic nitrogens is 2. The van der Waals surface area contributed by atoms with E-state index in [1.54, 1.807) is 0 Å². The van der Waals surface area contributed by atoms with Gasteiger partial charge in [0.05, 0.1) is 17.1 Å². The molecule has 0 fully saturated rings. The van der Waals surface area contributed by atoms with Gasteiger partial charge < -0.3 is 10.1 Å². The van der Waals surface area contributed by atoms with Crippen LogP contribution < -0.4 is 10.1 Å². The van der Waals surface area contributed by atoms with Gasteiger partial charge in [0.1, 0.15) is 12.4 Å². The molecule has 3 aromatic rings. The third kappa shape index (κ3) is 4.73. The van der Waals surface area contributed by atoms with E-state index in [1.165, 1.54) is 11.3 Å². The summed E-state index contributed by atoms with van der Waals surface area (Å²) in [6, 6.07) is 13.6. The van der Waals surface area contributed by atoms with Gasteiger partial charge in [0.15, 0.2) is 0 Å². The van der Waals surface area contributed by atoms with Crippen molar-refractivity contribution in [1.82, 2.24) is 15.1 Å². The Bertz CT molecular complexity index is 870. The number of amides is 1. The van der Waals surface area contributed by atoms with Crippen LogP contribution in [0.4, 0.5) is 0 Å². The van der Waals surface area contributed by atoms with E-state index in [-0.39, 0.29) is 11.9 Å². The van der Waals surface area contributed by atoms with Gasteiger partial charge in [-0.25, -0.2) is 0 Å². The van der Waals surface area contributed by atoms with E-state index >= 15 is 0 Å². The van der Waals surface area contributed by atoms with Crippen molar-refractivity contribution in [1.29, 1.82) is 0 Å². The second-order valence-corrected chi connectivity index (χ2v) is 7.32. The Morgan fingerprint density at radius 1 is 1.27 bits per heavy atom. The third-order valence-corrected chi connectivity index (χ3v) is 4.93. The van der Waals surface area contributed by atoms with E-state index in [1.807, 2.05) is 73.3 Å². The fraction of sp³-hybridized carbons (Fsp3) is 0.300. The van der Waals surface area contributed by atoms with E-state index < -0.39 is 0 Å². The Labute approximate surface area is 157 Å². The van der Waals surface area contributed by atoms with Crippen LogP contribution in [0.25, 0.3) is 0 Å². The summed E-state index contributed by atoms with van der Waals surface area (Å²) < 4.78 is 7.65. The molecule has 1 amide bonds. The third-order valence-electron chi connectivity index (χ3n) is 3.95. The number of hydrogen-bond acceptors (Lipinski definition) is 4. The smallest absolute Gasteiger partial charge is 0.261 e. The number of hydrogen-bond donors (Lipinski definition) is 1. The Hall–Kier alpha value is -2.60. The number of thiophene rings is 1. The minimum atomic E-state index is -0.0602. The Morgan fingerprint density at radius 2 is 2.04 bits per heavy atom. The van der Waals surface area contributed by atoms with E-state index in [4.69, 9.17) is 4.74 Å². The zero-order valence-electron chi connectivity index (χ0n) is 15.2. The quantitative estimate of drug-likeness (QED) is 0.686. The van der Waals surface area contributed by atoms with Crippen LogP contribution in [0.2, 0.25) is 0 Å². The number of nitrogens with one attached hydrogen (secondary N) is 1. The lowest BCUT2D eigenvalue weighted by atomic mass is 10.3. The number of para-hydroxylation sites is 1. The van der Waals surface area contributed by atoms with Crippen LogP contribution in [0.5, 0.6) is 5.75 Å². The largest absolute Gasteiger partial charge is 0.489 e. The first-order chi connectivity index (χ1) is 12.5. The van der Waals surface area contributed by atoms with Crippen molar-refractivity contribution in [3.8, 4) is 5.75 Å². The number of carbonyl (C=O) groups is 1. The van der Waals surface area contributed by atoms with Crippen molar-refractivity contribution >= 4 is 17.2 Å². The molecule has 2 aromatic heterocycles. The molecule has 6 heteroatoms. The van der Waals surface area contributed by atoms with Gasteiger partial charge in [-0.15, -0.1) is 11.3 Å². The van der Waals surface area contributed by atoms with Crippen LogP contribution in [0.3, 0.4) is 0 Å². The summed E-state index contributed by atoms with van der Waals surface area (Å²) >= 11 is 1.43. The van der Waals surface area contributed by atoms with Crippen LogP contribution in [-0.2, 0) is 13.2 Å². The molecule has 1 unspecified atom stereocenters. The predicted octanol–water partition coefficient (Wildman–Crippen LogP) is 3.96. The number of ether oxygens (including phenoxy) is 1. The average Bonchev–Trinajstić information content (AvgIpc) is 3.20. The van der Waals surface area contributed by atoms with Crippen molar-refractivity contribution in [3.05, 3.63) is 69.7 Å². The molecule has 0 aliphatic carbocycles. The summed E-state index contributed by atoms with van der Waals surface area (Å²) in [5.41, 5.74) is 3.08. The molecule has 0 saturated heterocycles. The van der Waals surface area contributed by atoms with Crippen molar-refractivity contribution < 1.29 is 9.53 Å². The molecule has 3 rings (SSSR count). The molecular weight excluding hydrogens is 346 g/mol. The summed E-state index contributed by atoms with van der Waals surface area (Å²) in [7, 11) is 0. The molecule has 5 nitrogen and oxygen atoms in total. The van der Waals surface area contributed by atoms with Crippen molar-refractivity contribution in [3.63, 3.8) is 0 Å². The van der Waals surface area contributed by atoms with E-state index in [2.05, 4.69) is 10.4 Å². The molecule has 0 saturated carbocycles. The molecule has 26 heavy (non-hydrogen) atoms. The highest BCUT2D eigenvalue weighted by atomic mass is 32.1. The molecule has 0 radical (unpaired) electrons. The molecule has 0 aliphatic rings. The molecule has 0 bridgehead atoms. The SMILES string of the molecule is Cc1cc(C)n(CC(C)NC(=O)c2cc(COc3ccccc3)cs2)n1. The second-order valence-electron chi connectivity index (χ2n) is 6.40. The molecule has 1 atom stereocenters. The number of carbonyl (C=O) groups excluding carboxylic acids is 1. The zero-order valence-corrected chi connectivity index (χ0v) is 16.0. The lowest BCUT2D eigenvalue weighted by Crippen LogP contribution is -2.35. The Morgan fingerprint density at radius 3 is 2.73 bits per heavy atom. The Balaban J connectivity index is 1.53. The molecule has 0 spiro atoms. The topological polar surface area (TPSA) is 56.2 Å². The van der Waals surface area contributed by atoms with E-state index in [0.717, 1.165) is 22.7 Å². The molecule has 1 aromatic carbocycles. The lowest BCUT2D eigenvalue weighted by molar-refractivity contribution is 0.0940. The van der Waals surface area contributed by atoms with Gasteiger partial charge in [0.25, 0.3) is 5.91 Å². The van der Waals surface area contributed by atoms with E-state index in [0.29, 0.717) is 18.0 Å². The predicted molar refractivity (Wildman–Crippen MR) is 104 cm³/mol. The van der Waals surface area contributed by atoms with Crippen molar-refractivity contribution in [2.45, 2.75) is 40.0 Å². The minimum absolute atomic E-state index is 0.00776. The molecule has 1 N–H and O–H groups in total. The first kappa shape index (κ1) is 18.2. The van der Waals surface area contributed by atoms with Crippen molar-refractivity contribution in [2.24, 2.45) is 0 Å². The summed E-state index contributed by atoms with van der Waals surface area (Å²) in [4.78, 5) is 13.1. The highest BCUT2D eigenvalue weighted by molar-refractivity contribution is 7.12. The van der Waals surface area contributed by atoms with Gasteiger partial charge in [-0.2, -0.15) is 5.10 Å². The highest BCUT2D eigenvalue weighted by Gasteiger charge is 2.14. The maximum Gasteiger partial charge on any atom is 0.261 e. The van der Waals surface area contributed by atoms with Gasteiger partial charge in [-0.1, -0.05) is 18.2 Å². The standard InChI is InChI=1S/C20H23N3O2S/c1-14-9-16(3)23(22-14)11-15(2)21-20(24)19-10-17(13-26-19)12-25-18-7-5-4-6-8-18/h4-10,13,15H,11-12H2,1-3H3,(H,21,24). The summed E-state index contributed by atoms with van der Waals surface area (Å²) in [5.74, 6) is 0.762. The maximum atomic E-state index is 12.5. The van der Waals surface area contributed by atoms with Gasteiger partial charge in [0.2, 0.25) is 0 Å². The van der Waals surface area contributed by atoms with Gasteiger partial charge in [-0.05, 0) is 50.4 Å². The lowest BCUT2D eigenvalue weighted by Gasteiger charge is -2.14. The summed E-state index contributed by atoms with van der Waals surface area (Å²) in [5, 5.41) is 9.44. The zero-order chi connectivity index (χ0) is 18.5. The fourth-order valence-electron chi connectivity index (χ4n) is 2.71. The molecule has 2 heterocycles. The van der Waals surface area contributed by atoms with Crippen LogP contribution in [0.15, 0.2) is 47.8 Å². The number of benzene rings is 1. The second kappa shape index (κ2) is 8.19. The van der Waals surface area contributed by atoms with Crippen LogP contribution >= 0.6 is 11.3 Å². The summed E-state index contributed by atoms with van der Waals surface area (Å²) in [6.45, 7) is 7.08. The van der Waals surface area contributed by atoms with Crippen LogP contribution in [-0.4, -0.2) is 21.7 Å². The molecule has 0 aliphatic heterocycles. The fourth-order valence-corrected chi connectivity index (χ4v) is 3.51. The molecular formula is C20H23N3O2S. The van der Waals surface area contributed by atoms with E-state index in [9.17, 15) is 4.79 Å².